The van der Waals surface area contributed by atoms with Crippen LogP contribution < -0.4 is 10.7 Å². The summed E-state index contributed by atoms with van der Waals surface area (Å²) in [4.78, 5) is 37.5. The minimum absolute atomic E-state index is 0.122. The van der Waals surface area contributed by atoms with Crippen LogP contribution in [0.25, 0.3) is 11.0 Å². The Morgan fingerprint density at radius 2 is 2.07 bits per heavy atom. The molecule has 0 unspecified atom stereocenters. The average Bonchev–Trinajstić information content (AvgIpc) is 3.32. The molecular formula is C18H14FN3O5. The molecule has 2 aromatic heterocycles. The Morgan fingerprint density at radius 3 is 2.78 bits per heavy atom. The summed E-state index contributed by atoms with van der Waals surface area (Å²) in [5, 5.41) is 3.48. The molecule has 1 aliphatic rings. The second-order valence-corrected chi connectivity index (χ2v) is 6.31. The highest BCUT2D eigenvalue weighted by atomic mass is 19.1. The third-order valence-electron chi connectivity index (χ3n) is 4.52. The summed E-state index contributed by atoms with van der Waals surface area (Å²) in [6, 6.07) is 6.16. The Kier molecular flexibility index (Phi) is 3.55. The van der Waals surface area contributed by atoms with Crippen molar-refractivity contribution >= 4 is 28.8 Å². The lowest BCUT2D eigenvalue weighted by Gasteiger charge is -2.18. The molecule has 4 amide bonds. The number of aryl methyl sites for hydroxylation is 1. The number of carbonyl (C=O) groups is 3. The molecule has 3 aromatic rings. The molecule has 0 bridgehead atoms. The molecule has 27 heavy (non-hydrogen) atoms. The van der Waals surface area contributed by atoms with Gasteiger partial charge in [0.2, 0.25) is 0 Å². The van der Waals surface area contributed by atoms with E-state index in [1.54, 1.807) is 19.1 Å². The average molecular weight is 371 g/mol. The van der Waals surface area contributed by atoms with Crippen LogP contribution in [0.15, 0.2) is 45.4 Å². The Hall–Kier alpha value is -3.62. The number of halogens is 1. The number of nitrogens with zero attached hydrogens (tertiary/aromatic N) is 1. The van der Waals surface area contributed by atoms with Crippen molar-refractivity contribution < 1.29 is 27.6 Å². The fraction of sp³-hybridized carbons (Fsp3) is 0.167. The van der Waals surface area contributed by atoms with Crippen molar-refractivity contribution in [1.82, 2.24) is 15.8 Å². The van der Waals surface area contributed by atoms with E-state index in [1.165, 1.54) is 31.4 Å². The minimum Gasteiger partial charge on any atom is -0.466 e. The van der Waals surface area contributed by atoms with Crippen LogP contribution in [0.4, 0.5) is 9.18 Å². The second kappa shape index (κ2) is 5.70. The molecule has 138 valence electrons. The molecule has 0 saturated carbocycles. The Morgan fingerprint density at radius 1 is 1.30 bits per heavy atom. The van der Waals surface area contributed by atoms with Gasteiger partial charge in [-0.3, -0.25) is 9.59 Å². The number of benzene rings is 1. The molecule has 1 atom stereocenters. The van der Waals surface area contributed by atoms with Gasteiger partial charge in [-0.1, -0.05) is 0 Å². The van der Waals surface area contributed by atoms with Crippen molar-refractivity contribution in [2.24, 2.45) is 0 Å². The topological polar surface area (TPSA) is 105 Å². The molecule has 8 nitrogen and oxygen atoms in total. The van der Waals surface area contributed by atoms with E-state index in [0.717, 1.165) is 0 Å². The molecule has 1 aromatic carbocycles. The van der Waals surface area contributed by atoms with Crippen LogP contribution in [-0.2, 0) is 10.3 Å². The summed E-state index contributed by atoms with van der Waals surface area (Å²) in [5.74, 6) is -1.88. The predicted molar refractivity (Wildman–Crippen MR) is 89.8 cm³/mol. The van der Waals surface area contributed by atoms with Gasteiger partial charge in [-0.2, -0.15) is 5.01 Å². The largest absolute Gasteiger partial charge is 0.466 e. The van der Waals surface area contributed by atoms with Crippen molar-refractivity contribution in [3.05, 3.63) is 59.5 Å². The zero-order valence-electron chi connectivity index (χ0n) is 14.3. The SMILES string of the molecule is Cc1c(C(=O)NN2C(=O)N[C@@](C)(c3ccco3)C2=O)oc2ccc(F)cc12. The van der Waals surface area contributed by atoms with E-state index in [2.05, 4.69) is 10.7 Å². The van der Waals surface area contributed by atoms with Gasteiger partial charge in [0.15, 0.2) is 11.3 Å². The van der Waals surface area contributed by atoms with E-state index in [0.29, 0.717) is 21.5 Å². The highest BCUT2D eigenvalue weighted by molar-refractivity contribution is 6.09. The van der Waals surface area contributed by atoms with Crippen LogP contribution >= 0.6 is 0 Å². The van der Waals surface area contributed by atoms with Gasteiger partial charge in [0, 0.05) is 10.9 Å². The van der Waals surface area contributed by atoms with Gasteiger partial charge >= 0.3 is 11.9 Å². The molecule has 2 N–H and O–H groups in total. The van der Waals surface area contributed by atoms with Crippen LogP contribution in [0.1, 0.15) is 28.8 Å². The summed E-state index contributed by atoms with van der Waals surface area (Å²) >= 11 is 0. The molecule has 0 aliphatic carbocycles. The molecule has 1 saturated heterocycles. The second-order valence-electron chi connectivity index (χ2n) is 6.31. The zero-order chi connectivity index (χ0) is 19.3. The van der Waals surface area contributed by atoms with Crippen LogP contribution in [0, 0.1) is 12.7 Å². The number of hydrogen-bond acceptors (Lipinski definition) is 5. The lowest BCUT2D eigenvalue weighted by Crippen LogP contribution is -2.47. The number of nitrogens with one attached hydrogen (secondary N) is 2. The highest BCUT2D eigenvalue weighted by Gasteiger charge is 2.52. The predicted octanol–water partition coefficient (Wildman–Crippen LogP) is 2.59. The zero-order valence-corrected chi connectivity index (χ0v) is 14.3. The fourth-order valence-electron chi connectivity index (χ4n) is 3.03. The third-order valence-corrected chi connectivity index (χ3v) is 4.52. The van der Waals surface area contributed by atoms with Crippen molar-refractivity contribution in [1.29, 1.82) is 0 Å². The summed E-state index contributed by atoms with van der Waals surface area (Å²) < 4.78 is 24.1. The molecule has 9 heteroatoms. The van der Waals surface area contributed by atoms with Crippen molar-refractivity contribution in [2.75, 3.05) is 0 Å². The Balaban J connectivity index is 1.63. The molecule has 0 spiro atoms. The monoisotopic (exact) mass is 371 g/mol. The van der Waals surface area contributed by atoms with Crippen LogP contribution in [-0.4, -0.2) is 22.9 Å². The molecule has 3 heterocycles. The first-order valence-corrected chi connectivity index (χ1v) is 8.01. The van der Waals surface area contributed by atoms with Gasteiger partial charge in [0.1, 0.15) is 17.2 Å². The van der Waals surface area contributed by atoms with E-state index in [1.807, 2.05) is 0 Å². The standard InChI is InChI=1S/C18H14FN3O5/c1-9-11-8-10(19)5-6-12(11)27-14(9)15(23)21-22-16(24)18(2,20-17(22)25)13-4-3-7-26-13/h3-8H,1-2H3,(H,20,25)(H,21,23)/t18-/m0/s1. The normalized spacial score (nSPS) is 19.6. The summed E-state index contributed by atoms with van der Waals surface area (Å²) in [6.07, 6.45) is 1.37. The van der Waals surface area contributed by atoms with E-state index in [4.69, 9.17) is 8.83 Å². The van der Waals surface area contributed by atoms with Crippen LogP contribution in [0.3, 0.4) is 0 Å². The summed E-state index contributed by atoms with van der Waals surface area (Å²) in [7, 11) is 0. The lowest BCUT2D eigenvalue weighted by molar-refractivity contribution is -0.133. The van der Waals surface area contributed by atoms with E-state index in [9.17, 15) is 18.8 Å². The Bertz CT molecular complexity index is 1090. The molecule has 1 aliphatic heterocycles. The Labute approximate surface area is 151 Å². The van der Waals surface area contributed by atoms with Crippen LogP contribution in [0.2, 0.25) is 0 Å². The first-order chi connectivity index (χ1) is 12.8. The molecule has 4 rings (SSSR count). The van der Waals surface area contributed by atoms with Gasteiger partial charge in [-0.15, -0.1) is 0 Å². The van der Waals surface area contributed by atoms with Gasteiger partial charge < -0.3 is 14.2 Å². The minimum atomic E-state index is -1.44. The maximum absolute atomic E-state index is 13.4. The number of furan rings is 2. The fourth-order valence-corrected chi connectivity index (χ4v) is 3.03. The maximum atomic E-state index is 13.4. The third kappa shape index (κ3) is 2.47. The lowest BCUT2D eigenvalue weighted by atomic mass is 10.00. The summed E-state index contributed by atoms with van der Waals surface area (Å²) in [5.41, 5.74) is 1.50. The first-order valence-electron chi connectivity index (χ1n) is 8.01. The van der Waals surface area contributed by atoms with Crippen molar-refractivity contribution in [3.63, 3.8) is 0 Å². The van der Waals surface area contributed by atoms with E-state index < -0.39 is 29.2 Å². The van der Waals surface area contributed by atoms with Crippen LogP contribution in [0.5, 0.6) is 0 Å². The summed E-state index contributed by atoms with van der Waals surface area (Å²) in [6.45, 7) is 3.05. The molecule has 1 fully saturated rings. The highest BCUT2D eigenvalue weighted by Crippen LogP contribution is 2.29. The van der Waals surface area contributed by atoms with Crippen molar-refractivity contribution in [2.45, 2.75) is 19.4 Å². The number of hydrogen-bond donors (Lipinski definition) is 2. The van der Waals surface area contributed by atoms with E-state index >= 15 is 0 Å². The number of carbonyl (C=O) groups excluding carboxylic acids is 3. The molecular weight excluding hydrogens is 357 g/mol. The number of fused-ring (bicyclic) bond motifs is 1. The number of rotatable bonds is 3. The number of urea groups is 1. The number of amides is 4. The number of imide groups is 1. The van der Waals surface area contributed by atoms with Gasteiger partial charge in [-0.25, -0.2) is 14.6 Å². The molecule has 0 radical (unpaired) electrons. The van der Waals surface area contributed by atoms with Gasteiger partial charge in [0.05, 0.1) is 6.26 Å². The maximum Gasteiger partial charge on any atom is 0.344 e. The quantitative estimate of drug-likeness (QED) is 0.689. The first kappa shape index (κ1) is 16.8. The smallest absolute Gasteiger partial charge is 0.344 e. The van der Waals surface area contributed by atoms with Crippen molar-refractivity contribution in [3.8, 4) is 0 Å². The van der Waals surface area contributed by atoms with Gasteiger partial charge in [-0.05, 0) is 44.2 Å². The number of hydrazine groups is 1. The van der Waals surface area contributed by atoms with Gasteiger partial charge in [0.25, 0.3) is 5.91 Å². The van der Waals surface area contributed by atoms with E-state index in [-0.39, 0.29) is 11.5 Å².